The fraction of sp³-hybridized carbons (Fsp3) is 0.467. The summed E-state index contributed by atoms with van der Waals surface area (Å²) >= 11 is 0. The number of likely N-dealkylation sites (N-methyl/N-ethyl adjacent to an activating group) is 1. The molecule has 4 rings (SSSR count). The van der Waals surface area contributed by atoms with Crippen LogP contribution in [0, 0.1) is 0 Å². The number of hydrogen-bond acceptors (Lipinski definition) is 4. The van der Waals surface area contributed by atoms with Crippen LogP contribution in [-0.2, 0) is 11.0 Å². The van der Waals surface area contributed by atoms with Crippen molar-refractivity contribution in [2.45, 2.75) is 4.90 Å². The molecular formula is C15H19N3O2S. The van der Waals surface area contributed by atoms with E-state index < -0.39 is 11.0 Å². The van der Waals surface area contributed by atoms with Crippen LogP contribution < -0.4 is 10.1 Å². The Labute approximate surface area is 127 Å². The first kappa shape index (κ1) is 13.3. The number of benzene rings is 1. The van der Waals surface area contributed by atoms with Crippen LogP contribution in [0.2, 0.25) is 0 Å². The first-order valence-electron chi connectivity index (χ1n) is 7.26. The van der Waals surface area contributed by atoms with Crippen molar-refractivity contribution >= 4 is 16.7 Å². The SMILES string of the molecule is CN1CC2=C(C1)CN(S(=O)c1ccc3c(c1)NCCO3)C2. The van der Waals surface area contributed by atoms with Gasteiger partial charge in [-0.1, -0.05) is 0 Å². The molecule has 1 aromatic rings. The summed E-state index contributed by atoms with van der Waals surface area (Å²) < 4.78 is 20.4. The minimum absolute atomic E-state index is 0.686. The molecule has 3 heterocycles. The molecule has 0 spiro atoms. The molecule has 0 aromatic heterocycles. The lowest BCUT2D eigenvalue weighted by molar-refractivity contribution is 0.323. The van der Waals surface area contributed by atoms with Crippen LogP contribution in [0.4, 0.5) is 5.69 Å². The van der Waals surface area contributed by atoms with Crippen molar-refractivity contribution in [3.63, 3.8) is 0 Å². The van der Waals surface area contributed by atoms with E-state index >= 15 is 0 Å². The second-order valence-corrected chi connectivity index (χ2v) is 7.35. The quantitative estimate of drug-likeness (QED) is 0.830. The Morgan fingerprint density at radius 1 is 1.19 bits per heavy atom. The summed E-state index contributed by atoms with van der Waals surface area (Å²) in [6.45, 7) is 5.17. The Balaban J connectivity index is 1.51. The van der Waals surface area contributed by atoms with Gasteiger partial charge in [-0.15, -0.1) is 0 Å². The van der Waals surface area contributed by atoms with E-state index in [1.165, 1.54) is 11.1 Å². The third kappa shape index (κ3) is 2.37. The van der Waals surface area contributed by atoms with Crippen molar-refractivity contribution in [1.82, 2.24) is 9.21 Å². The highest BCUT2D eigenvalue weighted by Gasteiger charge is 2.31. The third-order valence-electron chi connectivity index (χ3n) is 4.22. The molecule has 3 aliphatic heterocycles. The van der Waals surface area contributed by atoms with Crippen molar-refractivity contribution < 1.29 is 8.95 Å². The molecule has 0 radical (unpaired) electrons. The number of hydrogen-bond donors (Lipinski definition) is 1. The van der Waals surface area contributed by atoms with E-state index in [9.17, 15) is 4.21 Å². The molecule has 21 heavy (non-hydrogen) atoms. The standard InChI is InChI=1S/C15H19N3O2S/c1-17-7-11-9-18(10-12(11)8-17)21(19)13-2-3-15-14(6-13)16-4-5-20-15/h2-3,6,16H,4-5,7-10H2,1H3. The van der Waals surface area contributed by atoms with Crippen molar-refractivity contribution in [2.75, 3.05) is 51.7 Å². The van der Waals surface area contributed by atoms with Gasteiger partial charge in [-0.25, -0.2) is 8.51 Å². The average Bonchev–Trinajstić information content (AvgIpc) is 3.03. The van der Waals surface area contributed by atoms with Crippen molar-refractivity contribution in [2.24, 2.45) is 0 Å². The molecular weight excluding hydrogens is 286 g/mol. The second-order valence-electron chi connectivity index (χ2n) is 5.86. The molecule has 1 N–H and O–H groups in total. The van der Waals surface area contributed by atoms with E-state index in [0.717, 1.165) is 49.1 Å². The van der Waals surface area contributed by atoms with Gasteiger partial charge in [0, 0.05) is 32.7 Å². The highest BCUT2D eigenvalue weighted by molar-refractivity contribution is 7.82. The van der Waals surface area contributed by atoms with Crippen molar-refractivity contribution in [3.8, 4) is 5.75 Å². The van der Waals surface area contributed by atoms with Gasteiger partial charge in [0.15, 0.2) is 0 Å². The van der Waals surface area contributed by atoms with E-state index in [-0.39, 0.29) is 0 Å². The predicted molar refractivity (Wildman–Crippen MR) is 82.9 cm³/mol. The summed E-state index contributed by atoms with van der Waals surface area (Å²) in [5.74, 6) is 0.852. The van der Waals surface area contributed by atoms with Gasteiger partial charge in [0.05, 0.1) is 10.6 Å². The maximum Gasteiger partial charge on any atom is 0.142 e. The number of rotatable bonds is 2. The monoisotopic (exact) mass is 305 g/mol. The van der Waals surface area contributed by atoms with Crippen LogP contribution in [0.25, 0.3) is 0 Å². The van der Waals surface area contributed by atoms with Gasteiger partial charge in [-0.3, -0.25) is 4.90 Å². The van der Waals surface area contributed by atoms with E-state index in [0.29, 0.717) is 6.61 Å². The molecule has 112 valence electrons. The number of anilines is 1. The number of nitrogens with one attached hydrogen (secondary N) is 1. The smallest absolute Gasteiger partial charge is 0.142 e. The van der Waals surface area contributed by atoms with Gasteiger partial charge in [0.25, 0.3) is 0 Å². The zero-order valence-corrected chi connectivity index (χ0v) is 12.9. The van der Waals surface area contributed by atoms with Crippen LogP contribution in [-0.4, -0.2) is 59.8 Å². The molecule has 1 unspecified atom stereocenters. The molecule has 3 aliphatic rings. The molecule has 5 nitrogen and oxygen atoms in total. The Morgan fingerprint density at radius 2 is 1.95 bits per heavy atom. The van der Waals surface area contributed by atoms with Gasteiger partial charge in [0.2, 0.25) is 0 Å². The fourth-order valence-corrected chi connectivity index (χ4v) is 4.48. The minimum atomic E-state index is -1.10. The maximum absolute atomic E-state index is 12.8. The van der Waals surface area contributed by atoms with Crippen molar-refractivity contribution in [1.29, 1.82) is 0 Å². The lowest BCUT2D eigenvalue weighted by Gasteiger charge is -2.22. The number of fused-ring (bicyclic) bond motifs is 1. The van der Waals surface area contributed by atoms with E-state index in [4.69, 9.17) is 4.74 Å². The lowest BCUT2D eigenvalue weighted by atomic mass is 10.2. The first-order chi connectivity index (χ1) is 10.2. The Morgan fingerprint density at radius 3 is 2.71 bits per heavy atom. The zero-order valence-electron chi connectivity index (χ0n) is 12.1. The molecule has 0 bridgehead atoms. The van der Waals surface area contributed by atoms with Crippen LogP contribution in [0.5, 0.6) is 5.75 Å². The third-order valence-corrected chi connectivity index (χ3v) is 5.60. The topological polar surface area (TPSA) is 44.8 Å². The fourth-order valence-electron chi connectivity index (χ4n) is 3.23. The molecule has 0 saturated carbocycles. The second kappa shape index (κ2) is 5.12. The van der Waals surface area contributed by atoms with Gasteiger partial charge in [-0.2, -0.15) is 0 Å². The van der Waals surface area contributed by atoms with Gasteiger partial charge in [0.1, 0.15) is 23.3 Å². The average molecular weight is 305 g/mol. The number of nitrogens with zero attached hydrogens (tertiary/aromatic N) is 2. The lowest BCUT2D eigenvalue weighted by Crippen LogP contribution is -2.29. The van der Waals surface area contributed by atoms with Crippen LogP contribution in [0.15, 0.2) is 34.2 Å². The highest BCUT2D eigenvalue weighted by atomic mass is 32.2. The van der Waals surface area contributed by atoms with Crippen molar-refractivity contribution in [3.05, 3.63) is 29.3 Å². The molecule has 1 atom stereocenters. The molecule has 1 aromatic carbocycles. The molecule has 6 heteroatoms. The van der Waals surface area contributed by atoms with Crippen LogP contribution in [0.3, 0.4) is 0 Å². The van der Waals surface area contributed by atoms with Crippen LogP contribution >= 0.6 is 0 Å². The van der Waals surface area contributed by atoms with Gasteiger partial charge >= 0.3 is 0 Å². The summed E-state index contributed by atoms with van der Waals surface area (Å²) in [6, 6.07) is 5.79. The van der Waals surface area contributed by atoms with Gasteiger partial charge in [-0.05, 0) is 36.4 Å². The van der Waals surface area contributed by atoms with E-state index in [1.54, 1.807) is 0 Å². The summed E-state index contributed by atoms with van der Waals surface area (Å²) in [5, 5.41) is 3.30. The largest absolute Gasteiger partial charge is 0.490 e. The molecule has 0 amide bonds. The summed E-state index contributed by atoms with van der Waals surface area (Å²) in [7, 11) is 1.03. The van der Waals surface area contributed by atoms with Gasteiger partial charge < -0.3 is 10.1 Å². The molecule has 0 aliphatic carbocycles. The predicted octanol–water partition coefficient (Wildman–Crippen LogP) is 1.07. The normalized spacial score (nSPS) is 23.5. The minimum Gasteiger partial charge on any atom is -0.490 e. The number of ether oxygens (including phenoxy) is 1. The summed E-state index contributed by atoms with van der Waals surface area (Å²) in [5.41, 5.74) is 3.85. The molecule has 0 fully saturated rings. The van der Waals surface area contributed by atoms with E-state index in [1.807, 2.05) is 18.2 Å². The summed E-state index contributed by atoms with van der Waals surface area (Å²) in [4.78, 5) is 3.16. The van der Waals surface area contributed by atoms with Crippen LogP contribution in [0.1, 0.15) is 0 Å². The summed E-state index contributed by atoms with van der Waals surface area (Å²) in [6.07, 6.45) is 0. The van der Waals surface area contributed by atoms with E-state index in [2.05, 4.69) is 21.6 Å². The zero-order chi connectivity index (χ0) is 14.4. The maximum atomic E-state index is 12.8. The molecule has 0 saturated heterocycles. The Hall–Kier alpha value is -1.37. The first-order valence-corrected chi connectivity index (χ1v) is 8.37. The highest BCUT2D eigenvalue weighted by Crippen LogP contribution is 2.32. The Kier molecular flexibility index (Phi) is 3.24. The Bertz CT molecular complexity index is 626.